The number of hydrogen-bond acceptors (Lipinski definition) is 3. The van der Waals surface area contributed by atoms with Crippen LogP contribution < -0.4 is 5.32 Å². The molecule has 4 nitrogen and oxygen atoms in total. The third-order valence-corrected chi connectivity index (χ3v) is 2.27. The van der Waals surface area contributed by atoms with Crippen LogP contribution in [-0.4, -0.2) is 9.97 Å². The van der Waals surface area contributed by atoms with Gasteiger partial charge in [0.1, 0.15) is 5.82 Å². The van der Waals surface area contributed by atoms with Crippen LogP contribution in [0.2, 0.25) is 5.28 Å². The van der Waals surface area contributed by atoms with Gasteiger partial charge in [-0.2, -0.15) is 0 Å². The van der Waals surface area contributed by atoms with Gasteiger partial charge in [-0.15, -0.1) is 0 Å². The Bertz CT molecular complexity index is 562. The molecule has 1 heterocycles. The Morgan fingerprint density at radius 1 is 1.35 bits per heavy atom. The number of anilines is 2. The zero-order valence-corrected chi connectivity index (χ0v) is 9.65. The Morgan fingerprint density at radius 2 is 2.24 bits per heavy atom. The Balaban J connectivity index is 2.19. The van der Waals surface area contributed by atoms with E-state index in [-0.39, 0.29) is 5.28 Å². The molecule has 17 heavy (non-hydrogen) atoms. The van der Waals surface area contributed by atoms with Crippen molar-refractivity contribution in [2.24, 2.45) is 0 Å². The van der Waals surface area contributed by atoms with Gasteiger partial charge in [-0.3, -0.25) is 0 Å². The molecule has 0 aliphatic heterocycles. The van der Waals surface area contributed by atoms with Crippen LogP contribution >= 0.6 is 11.6 Å². The van der Waals surface area contributed by atoms with Crippen molar-refractivity contribution in [1.82, 2.24) is 9.97 Å². The number of nitrogens with zero attached hydrogens (tertiary/aromatic N) is 3. The highest BCUT2D eigenvalue weighted by Crippen LogP contribution is 2.17. The smallest absolute Gasteiger partial charge is 0.239 e. The molecule has 0 bridgehead atoms. The van der Waals surface area contributed by atoms with Crippen molar-refractivity contribution in [2.45, 2.75) is 6.54 Å². The molecule has 0 radical (unpaired) electrons. The summed E-state index contributed by atoms with van der Waals surface area (Å²) in [5, 5.41) is 3.31. The minimum atomic E-state index is 0.201. The summed E-state index contributed by atoms with van der Waals surface area (Å²) in [6, 6.07) is 9.35. The van der Waals surface area contributed by atoms with E-state index in [0.717, 1.165) is 11.3 Å². The van der Waals surface area contributed by atoms with Crippen molar-refractivity contribution in [2.75, 3.05) is 5.32 Å². The van der Waals surface area contributed by atoms with Gasteiger partial charge in [0.2, 0.25) is 11.8 Å². The van der Waals surface area contributed by atoms with Crippen molar-refractivity contribution >= 4 is 23.1 Å². The van der Waals surface area contributed by atoms with Crippen LogP contribution in [-0.2, 0) is 6.54 Å². The summed E-state index contributed by atoms with van der Waals surface area (Å²) in [6.07, 6.45) is 1.58. The second-order valence-electron chi connectivity index (χ2n) is 3.35. The first kappa shape index (κ1) is 11.4. The molecule has 0 unspecified atom stereocenters. The van der Waals surface area contributed by atoms with Crippen LogP contribution in [0, 0.1) is 6.57 Å². The molecular weight excluding hydrogens is 236 g/mol. The lowest BCUT2D eigenvalue weighted by Crippen LogP contribution is -1.95. The van der Waals surface area contributed by atoms with E-state index >= 15 is 0 Å². The minimum absolute atomic E-state index is 0.201. The summed E-state index contributed by atoms with van der Waals surface area (Å²) in [7, 11) is 0. The summed E-state index contributed by atoms with van der Waals surface area (Å²) in [4.78, 5) is 11.2. The molecular formula is C12H9ClN4. The summed E-state index contributed by atoms with van der Waals surface area (Å²) in [5.41, 5.74) is 1.84. The first-order valence-electron chi connectivity index (χ1n) is 4.95. The lowest BCUT2D eigenvalue weighted by molar-refractivity contribution is 1.17. The fourth-order valence-corrected chi connectivity index (χ4v) is 1.54. The molecule has 1 aromatic carbocycles. The van der Waals surface area contributed by atoms with Gasteiger partial charge >= 0.3 is 0 Å². The second kappa shape index (κ2) is 5.28. The SMILES string of the molecule is [C-]#[N+]Cc1cccc(Nc2ccnc(Cl)n2)c1. The highest BCUT2D eigenvalue weighted by atomic mass is 35.5. The van der Waals surface area contributed by atoms with E-state index in [1.807, 2.05) is 24.3 Å². The first-order chi connectivity index (χ1) is 8.28. The normalized spacial score (nSPS) is 9.65. The monoisotopic (exact) mass is 244 g/mol. The largest absolute Gasteiger partial charge is 0.340 e. The summed E-state index contributed by atoms with van der Waals surface area (Å²) in [5.74, 6) is 0.630. The van der Waals surface area contributed by atoms with Gasteiger partial charge in [0.15, 0.2) is 0 Å². The molecule has 1 aromatic heterocycles. The van der Waals surface area contributed by atoms with Gasteiger partial charge in [0.05, 0.1) is 0 Å². The highest BCUT2D eigenvalue weighted by molar-refractivity contribution is 6.28. The third kappa shape index (κ3) is 3.16. The zero-order chi connectivity index (χ0) is 12.1. The minimum Gasteiger partial charge on any atom is -0.340 e. The van der Waals surface area contributed by atoms with Crippen LogP contribution in [0.25, 0.3) is 4.85 Å². The van der Waals surface area contributed by atoms with E-state index in [9.17, 15) is 0 Å². The number of nitrogens with one attached hydrogen (secondary N) is 1. The average Bonchev–Trinajstić information content (AvgIpc) is 2.30. The average molecular weight is 245 g/mol. The van der Waals surface area contributed by atoms with E-state index in [0.29, 0.717) is 12.4 Å². The maximum Gasteiger partial charge on any atom is 0.239 e. The van der Waals surface area contributed by atoms with Gasteiger partial charge in [-0.05, 0) is 29.8 Å². The molecule has 0 aliphatic rings. The maximum atomic E-state index is 6.83. The van der Waals surface area contributed by atoms with Gasteiger partial charge in [-0.1, -0.05) is 12.1 Å². The fourth-order valence-electron chi connectivity index (χ4n) is 1.39. The Labute approximate surface area is 104 Å². The van der Waals surface area contributed by atoms with Crippen LogP contribution in [0.1, 0.15) is 5.56 Å². The molecule has 2 rings (SSSR count). The Hall–Kier alpha value is -2.12. The predicted molar refractivity (Wildman–Crippen MR) is 67.1 cm³/mol. The van der Waals surface area contributed by atoms with Crippen LogP contribution in [0.5, 0.6) is 0 Å². The number of hydrogen-bond donors (Lipinski definition) is 1. The Morgan fingerprint density at radius 3 is 3.00 bits per heavy atom. The number of benzene rings is 1. The molecule has 84 valence electrons. The molecule has 0 saturated heterocycles. The van der Waals surface area contributed by atoms with Crippen molar-refractivity contribution in [3.63, 3.8) is 0 Å². The molecule has 1 N–H and O–H groups in total. The molecule has 2 aromatic rings. The van der Waals surface area contributed by atoms with Gasteiger partial charge in [0, 0.05) is 17.4 Å². The molecule has 0 atom stereocenters. The van der Waals surface area contributed by atoms with Crippen LogP contribution in [0.15, 0.2) is 36.5 Å². The van der Waals surface area contributed by atoms with E-state index in [2.05, 4.69) is 20.1 Å². The number of rotatable bonds is 3. The highest BCUT2D eigenvalue weighted by Gasteiger charge is 2.00. The maximum absolute atomic E-state index is 6.83. The van der Waals surface area contributed by atoms with Crippen molar-refractivity contribution < 1.29 is 0 Å². The summed E-state index contributed by atoms with van der Waals surface area (Å²) >= 11 is 5.69. The van der Waals surface area contributed by atoms with E-state index in [1.165, 1.54) is 0 Å². The van der Waals surface area contributed by atoms with E-state index in [1.54, 1.807) is 12.3 Å². The number of halogens is 1. The van der Waals surface area contributed by atoms with Crippen molar-refractivity contribution in [1.29, 1.82) is 0 Å². The lowest BCUT2D eigenvalue weighted by atomic mass is 10.2. The molecule has 0 saturated carbocycles. The van der Waals surface area contributed by atoms with Gasteiger partial charge in [-0.25, -0.2) is 16.5 Å². The van der Waals surface area contributed by atoms with Crippen LogP contribution in [0.3, 0.4) is 0 Å². The molecule has 0 amide bonds. The quantitative estimate of drug-likeness (QED) is 0.665. The topological polar surface area (TPSA) is 42.2 Å². The summed E-state index contributed by atoms with van der Waals surface area (Å²) < 4.78 is 0. The molecule has 0 spiro atoms. The fraction of sp³-hybridized carbons (Fsp3) is 0.0833. The van der Waals surface area contributed by atoms with Gasteiger partial charge in [0.25, 0.3) is 0 Å². The summed E-state index contributed by atoms with van der Waals surface area (Å²) in [6.45, 7) is 7.20. The Kier molecular flexibility index (Phi) is 3.53. The lowest BCUT2D eigenvalue weighted by Gasteiger charge is -2.05. The first-order valence-corrected chi connectivity index (χ1v) is 5.33. The second-order valence-corrected chi connectivity index (χ2v) is 3.69. The zero-order valence-electron chi connectivity index (χ0n) is 8.89. The third-order valence-electron chi connectivity index (χ3n) is 2.09. The van der Waals surface area contributed by atoms with E-state index in [4.69, 9.17) is 18.2 Å². The van der Waals surface area contributed by atoms with E-state index < -0.39 is 0 Å². The number of aromatic nitrogens is 2. The van der Waals surface area contributed by atoms with Crippen molar-refractivity contribution in [3.8, 4) is 0 Å². The predicted octanol–water partition coefficient (Wildman–Crippen LogP) is 3.29. The molecule has 0 fully saturated rings. The molecule has 0 aliphatic carbocycles. The van der Waals surface area contributed by atoms with Crippen molar-refractivity contribution in [3.05, 3.63) is 58.8 Å². The van der Waals surface area contributed by atoms with Crippen LogP contribution in [0.4, 0.5) is 11.5 Å². The standard InChI is InChI=1S/C12H9ClN4/c1-14-8-9-3-2-4-10(7-9)16-11-5-6-15-12(13)17-11/h2-7H,8H2,(H,15,16,17). The van der Waals surface area contributed by atoms with Gasteiger partial charge < -0.3 is 10.2 Å². The molecule has 5 heteroatoms.